The highest BCUT2D eigenvalue weighted by molar-refractivity contribution is 6.04. The molecular weight excluding hydrogens is 382 g/mol. The number of hydrogen-bond acceptors (Lipinski definition) is 6. The summed E-state index contributed by atoms with van der Waals surface area (Å²) >= 11 is 0. The predicted octanol–water partition coefficient (Wildman–Crippen LogP) is 1.85. The van der Waals surface area contributed by atoms with Crippen molar-refractivity contribution in [1.29, 1.82) is 0 Å². The quantitative estimate of drug-likeness (QED) is 0.553. The van der Waals surface area contributed by atoms with Crippen LogP contribution in [0.4, 0.5) is 11.6 Å². The van der Waals surface area contributed by atoms with Crippen LogP contribution in [0.2, 0.25) is 0 Å². The number of nitrogen functional groups attached to an aromatic ring is 1. The number of nitrogens with zero attached hydrogens (tertiary/aromatic N) is 4. The zero-order valence-electron chi connectivity index (χ0n) is 16.7. The van der Waals surface area contributed by atoms with E-state index < -0.39 is 0 Å². The van der Waals surface area contributed by atoms with Gasteiger partial charge in [0, 0.05) is 43.6 Å². The Balaban J connectivity index is 1.64. The van der Waals surface area contributed by atoms with Crippen LogP contribution >= 0.6 is 0 Å². The van der Waals surface area contributed by atoms with Gasteiger partial charge in [-0.3, -0.25) is 19.5 Å². The second kappa shape index (κ2) is 8.50. The topological polar surface area (TPSA) is 132 Å². The van der Waals surface area contributed by atoms with E-state index in [4.69, 9.17) is 11.5 Å². The fraction of sp³-hybridized carbons (Fsp3) is 0.333. The number of amides is 2. The van der Waals surface area contributed by atoms with Crippen molar-refractivity contribution in [1.82, 2.24) is 19.4 Å². The van der Waals surface area contributed by atoms with Crippen molar-refractivity contribution in [2.45, 2.75) is 25.8 Å². The first kappa shape index (κ1) is 19.8. The van der Waals surface area contributed by atoms with Crippen molar-refractivity contribution >= 4 is 34.6 Å². The van der Waals surface area contributed by atoms with E-state index in [2.05, 4.69) is 15.3 Å². The van der Waals surface area contributed by atoms with Crippen LogP contribution < -0.4 is 16.8 Å². The van der Waals surface area contributed by atoms with Crippen LogP contribution in [0.3, 0.4) is 0 Å². The maximum absolute atomic E-state index is 12.8. The summed E-state index contributed by atoms with van der Waals surface area (Å²) < 4.78 is 1.74. The van der Waals surface area contributed by atoms with E-state index in [-0.39, 0.29) is 11.8 Å². The van der Waals surface area contributed by atoms with Crippen molar-refractivity contribution in [2.24, 2.45) is 5.73 Å². The fourth-order valence-corrected chi connectivity index (χ4v) is 3.70. The van der Waals surface area contributed by atoms with Crippen molar-refractivity contribution in [3.05, 3.63) is 47.7 Å². The van der Waals surface area contributed by atoms with Gasteiger partial charge in [0.15, 0.2) is 5.65 Å². The summed E-state index contributed by atoms with van der Waals surface area (Å²) in [6.45, 7) is 2.30. The van der Waals surface area contributed by atoms with Gasteiger partial charge >= 0.3 is 0 Å². The molecule has 9 heteroatoms. The molecule has 4 rings (SSSR count). The largest absolute Gasteiger partial charge is 0.399 e. The molecule has 1 aliphatic rings. The Hall–Kier alpha value is -3.46. The number of imidazole rings is 1. The Morgan fingerprint density at radius 3 is 2.63 bits per heavy atom. The number of aromatic nitrogens is 3. The maximum atomic E-state index is 12.8. The van der Waals surface area contributed by atoms with Gasteiger partial charge in [-0.05, 0) is 43.5 Å². The molecule has 2 amide bonds. The first-order valence-electron chi connectivity index (χ1n) is 10.1. The van der Waals surface area contributed by atoms with Crippen LogP contribution in [0.1, 0.15) is 40.0 Å². The molecule has 3 heterocycles. The molecule has 1 saturated heterocycles. The summed E-state index contributed by atoms with van der Waals surface area (Å²) in [5.74, 6) is -0.0405. The first-order valence-corrected chi connectivity index (χ1v) is 10.1. The van der Waals surface area contributed by atoms with E-state index in [1.165, 1.54) is 0 Å². The number of fused-ring (bicyclic) bond motifs is 1. The van der Waals surface area contributed by atoms with Crippen molar-refractivity contribution in [3.8, 4) is 0 Å². The Kier molecular flexibility index (Phi) is 5.62. The maximum Gasteiger partial charge on any atom is 0.258 e. The minimum absolute atomic E-state index is 0.0391. The molecule has 0 radical (unpaired) electrons. The number of rotatable bonds is 5. The van der Waals surface area contributed by atoms with E-state index in [1.807, 2.05) is 4.90 Å². The van der Waals surface area contributed by atoms with Gasteiger partial charge in [-0.1, -0.05) is 6.07 Å². The average Bonchev–Trinajstić information content (AvgIpc) is 3.10. The van der Waals surface area contributed by atoms with E-state index in [0.717, 1.165) is 32.4 Å². The third-order valence-corrected chi connectivity index (χ3v) is 5.20. The summed E-state index contributed by atoms with van der Waals surface area (Å²) in [5.41, 5.74) is 14.0. The van der Waals surface area contributed by atoms with Gasteiger partial charge in [0.1, 0.15) is 5.52 Å². The molecule has 1 aliphatic heterocycles. The summed E-state index contributed by atoms with van der Waals surface area (Å²) in [5, 5.41) is 2.81. The fourth-order valence-electron chi connectivity index (χ4n) is 3.70. The summed E-state index contributed by atoms with van der Waals surface area (Å²) in [7, 11) is 0. The van der Waals surface area contributed by atoms with E-state index >= 15 is 0 Å². The standard InChI is InChI=1S/C21H25N7O2/c22-7-10-28-18-17(12-15(13-24-18)20(30)27-8-2-1-3-9-27)25-21(28)26-19(29)14-5-4-6-16(23)11-14/h4-6,11-13H,1-3,7-10,22-23H2,(H,25,26,29). The smallest absolute Gasteiger partial charge is 0.258 e. The molecule has 1 aromatic carbocycles. The molecule has 30 heavy (non-hydrogen) atoms. The Labute approximate surface area is 174 Å². The van der Waals surface area contributed by atoms with Gasteiger partial charge in [0.25, 0.3) is 11.8 Å². The van der Waals surface area contributed by atoms with Crippen molar-refractivity contribution < 1.29 is 9.59 Å². The van der Waals surface area contributed by atoms with Gasteiger partial charge in [-0.2, -0.15) is 0 Å². The van der Waals surface area contributed by atoms with Crippen LogP contribution in [0.5, 0.6) is 0 Å². The lowest BCUT2D eigenvalue weighted by atomic mass is 10.1. The molecular formula is C21H25N7O2. The zero-order valence-corrected chi connectivity index (χ0v) is 16.7. The molecule has 3 aromatic rings. The lowest BCUT2D eigenvalue weighted by molar-refractivity contribution is 0.0724. The minimum Gasteiger partial charge on any atom is -0.399 e. The van der Waals surface area contributed by atoms with Crippen LogP contribution in [-0.4, -0.2) is 50.9 Å². The summed E-state index contributed by atoms with van der Waals surface area (Å²) in [6.07, 6.45) is 4.76. The molecule has 5 N–H and O–H groups in total. The number of carbonyl (C=O) groups is 2. The number of carbonyl (C=O) groups excluding carboxylic acids is 2. The van der Waals surface area contributed by atoms with Crippen LogP contribution in [0.25, 0.3) is 11.2 Å². The van der Waals surface area contributed by atoms with Gasteiger partial charge < -0.3 is 16.4 Å². The second-order valence-corrected chi connectivity index (χ2v) is 7.37. The molecule has 156 valence electrons. The zero-order chi connectivity index (χ0) is 21.1. The third-order valence-electron chi connectivity index (χ3n) is 5.20. The highest BCUT2D eigenvalue weighted by Crippen LogP contribution is 2.21. The molecule has 0 atom stereocenters. The Morgan fingerprint density at radius 1 is 1.10 bits per heavy atom. The normalized spacial score (nSPS) is 14.1. The second-order valence-electron chi connectivity index (χ2n) is 7.37. The van der Waals surface area contributed by atoms with E-state index in [1.54, 1.807) is 41.1 Å². The SMILES string of the molecule is NCCn1c(NC(=O)c2cccc(N)c2)nc2cc(C(=O)N3CCCCC3)cnc21. The van der Waals surface area contributed by atoms with Gasteiger partial charge in [-0.25, -0.2) is 9.97 Å². The third kappa shape index (κ3) is 3.97. The van der Waals surface area contributed by atoms with Gasteiger partial charge in [0.05, 0.1) is 5.56 Å². The molecule has 0 unspecified atom stereocenters. The Bertz CT molecular complexity index is 1090. The van der Waals surface area contributed by atoms with Gasteiger partial charge in [-0.15, -0.1) is 0 Å². The highest BCUT2D eigenvalue weighted by Gasteiger charge is 2.21. The van der Waals surface area contributed by atoms with E-state index in [0.29, 0.717) is 47.0 Å². The number of piperidine rings is 1. The molecule has 0 saturated carbocycles. The summed E-state index contributed by atoms with van der Waals surface area (Å²) in [4.78, 5) is 36.3. The minimum atomic E-state index is -0.333. The highest BCUT2D eigenvalue weighted by atomic mass is 16.2. The number of pyridine rings is 1. The van der Waals surface area contributed by atoms with Crippen LogP contribution in [0.15, 0.2) is 36.5 Å². The number of benzene rings is 1. The lowest BCUT2D eigenvalue weighted by Crippen LogP contribution is -2.35. The van der Waals surface area contributed by atoms with Crippen molar-refractivity contribution in [3.63, 3.8) is 0 Å². The molecule has 0 spiro atoms. The number of anilines is 2. The molecule has 1 fully saturated rings. The number of nitrogens with one attached hydrogen (secondary N) is 1. The molecule has 9 nitrogen and oxygen atoms in total. The van der Waals surface area contributed by atoms with E-state index in [9.17, 15) is 9.59 Å². The number of likely N-dealkylation sites (tertiary alicyclic amines) is 1. The van der Waals surface area contributed by atoms with Crippen LogP contribution in [-0.2, 0) is 6.54 Å². The number of nitrogens with two attached hydrogens (primary N) is 2. The van der Waals surface area contributed by atoms with Gasteiger partial charge in [0.2, 0.25) is 5.95 Å². The Morgan fingerprint density at radius 2 is 1.90 bits per heavy atom. The molecule has 0 bridgehead atoms. The average molecular weight is 407 g/mol. The monoisotopic (exact) mass is 407 g/mol. The van der Waals surface area contributed by atoms with Crippen LogP contribution in [0, 0.1) is 0 Å². The lowest BCUT2D eigenvalue weighted by Gasteiger charge is -2.26. The predicted molar refractivity (Wildman–Crippen MR) is 115 cm³/mol. The first-order chi connectivity index (χ1) is 14.6. The molecule has 0 aliphatic carbocycles. The number of hydrogen-bond donors (Lipinski definition) is 3. The molecule has 2 aromatic heterocycles. The summed E-state index contributed by atoms with van der Waals surface area (Å²) in [6, 6.07) is 8.43. The van der Waals surface area contributed by atoms with Crippen molar-refractivity contribution in [2.75, 3.05) is 30.7 Å².